The highest BCUT2D eigenvalue weighted by Crippen LogP contribution is 2.21. The maximum absolute atomic E-state index is 13.0. The van der Waals surface area contributed by atoms with E-state index in [2.05, 4.69) is 5.32 Å². The summed E-state index contributed by atoms with van der Waals surface area (Å²) in [5.41, 5.74) is 0.806. The van der Waals surface area contributed by atoms with E-state index >= 15 is 0 Å². The van der Waals surface area contributed by atoms with Crippen molar-refractivity contribution in [1.29, 1.82) is 0 Å². The van der Waals surface area contributed by atoms with Crippen LogP contribution in [0.5, 0.6) is 0 Å². The van der Waals surface area contributed by atoms with Gasteiger partial charge in [0.25, 0.3) is 0 Å². The molecule has 1 aromatic rings. The van der Waals surface area contributed by atoms with Crippen LogP contribution in [-0.2, 0) is 0 Å². The number of benzene rings is 1. The Morgan fingerprint density at radius 3 is 2.64 bits per heavy atom. The third kappa shape index (κ3) is 1.87. The summed E-state index contributed by atoms with van der Waals surface area (Å²) in [5, 5.41) is 2.87. The molecule has 0 aromatic heterocycles. The average Bonchev–Trinajstić information content (AvgIpc) is 2.04. The molecule has 1 nitrogen and oxygen atoms in total. The van der Waals surface area contributed by atoms with Gasteiger partial charge in [-0.25, -0.2) is 4.39 Å². The molecule has 0 aliphatic heterocycles. The van der Waals surface area contributed by atoms with Crippen molar-refractivity contribution >= 4 is 17.4 Å². The van der Waals surface area contributed by atoms with Crippen molar-refractivity contribution in [2.75, 3.05) is 18.6 Å². The second kappa shape index (κ2) is 3.62. The summed E-state index contributed by atoms with van der Waals surface area (Å²) >= 11 is 1.41. The van der Waals surface area contributed by atoms with Gasteiger partial charge >= 0.3 is 0 Å². The lowest BCUT2D eigenvalue weighted by Gasteiger charge is -2.02. The second-order valence-corrected chi connectivity index (χ2v) is 2.95. The molecule has 0 unspecified atom stereocenters. The molecule has 0 saturated heterocycles. The van der Waals surface area contributed by atoms with E-state index in [1.54, 1.807) is 13.1 Å². The molecule has 0 radical (unpaired) electrons. The van der Waals surface area contributed by atoms with Gasteiger partial charge in [0.15, 0.2) is 0 Å². The monoisotopic (exact) mass is 171 g/mol. The molecule has 0 heterocycles. The van der Waals surface area contributed by atoms with Gasteiger partial charge in [-0.2, -0.15) is 0 Å². The largest absolute Gasteiger partial charge is 0.388 e. The molecular formula is C8H10FNS. The molecule has 0 spiro atoms. The Balaban J connectivity index is 2.99. The third-order valence-corrected chi connectivity index (χ3v) is 2.21. The van der Waals surface area contributed by atoms with Crippen LogP contribution in [0.25, 0.3) is 0 Å². The van der Waals surface area contributed by atoms with E-state index in [1.165, 1.54) is 17.8 Å². The summed E-state index contributed by atoms with van der Waals surface area (Å²) in [6, 6.07) is 5.12. The highest BCUT2D eigenvalue weighted by molar-refractivity contribution is 7.98. The van der Waals surface area contributed by atoms with Crippen LogP contribution in [0, 0.1) is 5.82 Å². The number of hydrogen-bond donors (Lipinski definition) is 1. The van der Waals surface area contributed by atoms with Crippen LogP contribution >= 0.6 is 11.8 Å². The summed E-state index contributed by atoms with van der Waals surface area (Å²) in [7, 11) is 1.77. The van der Waals surface area contributed by atoms with Gasteiger partial charge in [-0.1, -0.05) is 0 Å². The van der Waals surface area contributed by atoms with E-state index in [0.29, 0.717) is 4.90 Å². The SMILES string of the molecule is CNc1ccc(SC)c(F)c1. The Morgan fingerprint density at radius 2 is 2.18 bits per heavy atom. The fourth-order valence-electron chi connectivity index (χ4n) is 0.822. The molecule has 3 heteroatoms. The normalized spacial score (nSPS) is 9.73. The second-order valence-electron chi connectivity index (χ2n) is 2.10. The Morgan fingerprint density at radius 1 is 1.45 bits per heavy atom. The Bertz CT molecular complexity index is 250. The predicted molar refractivity (Wildman–Crippen MR) is 47.7 cm³/mol. The predicted octanol–water partition coefficient (Wildman–Crippen LogP) is 2.59. The fourth-order valence-corrected chi connectivity index (χ4v) is 1.28. The van der Waals surface area contributed by atoms with E-state index in [1.807, 2.05) is 12.3 Å². The third-order valence-electron chi connectivity index (χ3n) is 1.44. The number of halogens is 1. The topological polar surface area (TPSA) is 12.0 Å². The molecule has 11 heavy (non-hydrogen) atoms. The van der Waals surface area contributed by atoms with Gasteiger partial charge in [0.2, 0.25) is 0 Å². The summed E-state index contributed by atoms with van der Waals surface area (Å²) < 4.78 is 13.0. The summed E-state index contributed by atoms with van der Waals surface area (Å²) in [4.78, 5) is 0.684. The summed E-state index contributed by atoms with van der Waals surface area (Å²) in [6.45, 7) is 0. The van der Waals surface area contributed by atoms with E-state index in [0.717, 1.165) is 5.69 Å². The number of nitrogens with one attached hydrogen (secondary N) is 1. The zero-order valence-corrected chi connectivity index (χ0v) is 7.33. The van der Waals surface area contributed by atoms with E-state index in [9.17, 15) is 4.39 Å². The van der Waals surface area contributed by atoms with Crippen LogP contribution < -0.4 is 5.32 Å². The first-order valence-electron chi connectivity index (χ1n) is 3.29. The first-order valence-corrected chi connectivity index (χ1v) is 4.51. The van der Waals surface area contributed by atoms with Gasteiger partial charge in [-0.05, 0) is 24.5 Å². The van der Waals surface area contributed by atoms with Gasteiger partial charge in [0, 0.05) is 17.6 Å². The Kier molecular flexibility index (Phi) is 2.76. The zero-order chi connectivity index (χ0) is 8.27. The highest BCUT2D eigenvalue weighted by atomic mass is 32.2. The van der Waals surface area contributed by atoms with Crippen LogP contribution in [0.15, 0.2) is 23.1 Å². The summed E-state index contributed by atoms with van der Waals surface area (Å²) in [5.74, 6) is -0.163. The van der Waals surface area contributed by atoms with Crippen LogP contribution in [0.4, 0.5) is 10.1 Å². The van der Waals surface area contributed by atoms with Crippen LogP contribution in [0.3, 0.4) is 0 Å². The van der Waals surface area contributed by atoms with Gasteiger partial charge in [-0.15, -0.1) is 11.8 Å². The lowest BCUT2D eigenvalue weighted by molar-refractivity contribution is 0.603. The first kappa shape index (κ1) is 8.40. The molecule has 0 aliphatic rings. The fraction of sp³-hybridized carbons (Fsp3) is 0.250. The maximum atomic E-state index is 13.0. The minimum Gasteiger partial charge on any atom is -0.388 e. The van der Waals surface area contributed by atoms with Crippen molar-refractivity contribution in [3.8, 4) is 0 Å². The molecule has 1 aromatic carbocycles. The molecular weight excluding hydrogens is 161 g/mol. The maximum Gasteiger partial charge on any atom is 0.138 e. The quantitative estimate of drug-likeness (QED) is 0.686. The minimum absolute atomic E-state index is 0.163. The van der Waals surface area contributed by atoms with Crippen LogP contribution in [-0.4, -0.2) is 13.3 Å². The smallest absolute Gasteiger partial charge is 0.138 e. The van der Waals surface area contributed by atoms with Crippen molar-refractivity contribution in [2.45, 2.75) is 4.90 Å². The average molecular weight is 171 g/mol. The number of anilines is 1. The minimum atomic E-state index is -0.163. The lowest BCUT2D eigenvalue weighted by Crippen LogP contribution is -1.89. The van der Waals surface area contributed by atoms with Crippen LogP contribution in [0.1, 0.15) is 0 Å². The molecule has 0 atom stereocenters. The van der Waals surface area contributed by atoms with Gasteiger partial charge in [0.1, 0.15) is 5.82 Å². The zero-order valence-electron chi connectivity index (χ0n) is 6.52. The lowest BCUT2D eigenvalue weighted by atomic mass is 10.3. The molecule has 0 bridgehead atoms. The van der Waals surface area contributed by atoms with Gasteiger partial charge in [0.05, 0.1) is 0 Å². The van der Waals surface area contributed by atoms with Crippen molar-refractivity contribution in [3.05, 3.63) is 24.0 Å². The molecule has 0 amide bonds. The number of rotatable bonds is 2. The number of thioether (sulfide) groups is 1. The van der Waals surface area contributed by atoms with Crippen molar-refractivity contribution < 1.29 is 4.39 Å². The van der Waals surface area contributed by atoms with E-state index < -0.39 is 0 Å². The molecule has 0 aliphatic carbocycles. The van der Waals surface area contributed by atoms with Gasteiger partial charge in [-0.3, -0.25) is 0 Å². The molecule has 0 saturated carbocycles. The molecule has 1 N–H and O–H groups in total. The van der Waals surface area contributed by atoms with Crippen molar-refractivity contribution in [1.82, 2.24) is 0 Å². The molecule has 60 valence electrons. The molecule has 1 rings (SSSR count). The van der Waals surface area contributed by atoms with E-state index in [4.69, 9.17) is 0 Å². The molecule has 0 fully saturated rings. The number of hydrogen-bond acceptors (Lipinski definition) is 2. The first-order chi connectivity index (χ1) is 5.27. The summed E-state index contributed by atoms with van der Waals surface area (Å²) in [6.07, 6.45) is 1.86. The van der Waals surface area contributed by atoms with Crippen molar-refractivity contribution in [3.63, 3.8) is 0 Å². The Hall–Kier alpha value is -0.700. The van der Waals surface area contributed by atoms with Gasteiger partial charge < -0.3 is 5.32 Å². The highest BCUT2D eigenvalue weighted by Gasteiger charge is 1.99. The van der Waals surface area contributed by atoms with E-state index in [-0.39, 0.29) is 5.82 Å². The van der Waals surface area contributed by atoms with Crippen molar-refractivity contribution in [2.24, 2.45) is 0 Å². The standard InChI is InChI=1S/C8H10FNS/c1-10-6-3-4-8(11-2)7(9)5-6/h3-5,10H,1-2H3. The van der Waals surface area contributed by atoms with Crippen LogP contribution in [0.2, 0.25) is 0 Å². The Labute approximate surface area is 70.0 Å².